The highest BCUT2D eigenvalue weighted by Crippen LogP contribution is 2.23. The van der Waals surface area contributed by atoms with Crippen LogP contribution in [0.1, 0.15) is 11.3 Å². The number of aromatic nitrogens is 1. The predicted octanol–water partition coefficient (Wildman–Crippen LogP) is 3.50. The van der Waals surface area contributed by atoms with Gasteiger partial charge >= 0.3 is 0 Å². The van der Waals surface area contributed by atoms with Gasteiger partial charge in [0, 0.05) is 17.5 Å². The third kappa shape index (κ3) is 1.89. The van der Waals surface area contributed by atoms with Crippen LogP contribution in [-0.2, 0) is 0 Å². The second kappa shape index (κ2) is 3.81. The van der Waals surface area contributed by atoms with Crippen LogP contribution in [0.2, 0.25) is 0 Å². The number of halogens is 1. The van der Waals surface area contributed by atoms with Crippen LogP contribution in [0.3, 0.4) is 0 Å². The van der Waals surface area contributed by atoms with Crippen molar-refractivity contribution in [3.63, 3.8) is 0 Å². The third-order valence-corrected chi connectivity index (χ3v) is 2.49. The van der Waals surface area contributed by atoms with Crippen LogP contribution in [0.15, 0.2) is 36.5 Å². The molecule has 76 valence electrons. The smallest absolute Gasteiger partial charge is 0.126 e. The zero-order valence-electron chi connectivity index (χ0n) is 8.79. The third-order valence-electron chi connectivity index (χ3n) is 2.49. The van der Waals surface area contributed by atoms with E-state index in [2.05, 4.69) is 4.98 Å². The molecule has 0 unspecified atom stereocenters. The highest BCUT2D eigenvalue weighted by atomic mass is 19.1. The topological polar surface area (TPSA) is 12.9 Å². The first-order valence-corrected chi connectivity index (χ1v) is 4.86. The molecule has 0 N–H and O–H groups in total. The van der Waals surface area contributed by atoms with Crippen LogP contribution >= 0.6 is 0 Å². The summed E-state index contributed by atoms with van der Waals surface area (Å²) in [5.74, 6) is -0.171. The van der Waals surface area contributed by atoms with E-state index in [1.807, 2.05) is 25.1 Å². The van der Waals surface area contributed by atoms with Gasteiger partial charge in [0.2, 0.25) is 0 Å². The van der Waals surface area contributed by atoms with Gasteiger partial charge in [0.05, 0.1) is 0 Å². The molecule has 0 radical (unpaired) electrons. The number of hydrogen-bond donors (Lipinski definition) is 0. The van der Waals surface area contributed by atoms with E-state index in [0.717, 1.165) is 16.8 Å². The van der Waals surface area contributed by atoms with Crippen molar-refractivity contribution in [2.45, 2.75) is 13.8 Å². The molecule has 0 bridgehead atoms. The quantitative estimate of drug-likeness (QED) is 0.688. The molecular formula is C13H12FN. The summed E-state index contributed by atoms with van der Waals surface area (Å²) in [7, 11) is 0. The molecule has 2 rings (SSSR count). The molecule has 0 spiro atoms. The maximum absolute atomic E-state index is 13.4. The lowest BCUT2D eigenvalue weighted by atomic mass is 10.0. The van der Waals surface area contributed by atoms with Gasteiger partial charge in [-0.15, -0.1) is 0 Å². The number of benzene rings is 1. The number of rotatable bonds is 1. The maximum atomic E-state index is 13.4. The summed E-state index contributed by atoms with van der Waals surface area (Å²) in [6.07, 6.45) is 1.74. The van der Waals surface area contributed by atoms with Crippen LogP contribution < -0.4 is 0 Å². The Hall–Kier alpha value is -1.70. The zero-order chi connectivity index (χ0) is 10.8. The minimum atomic E-state index is -0.171. The van der Waals surface area contributed by atoms with Gasteiger partial charge in [0.15, 0.2) is 0 Å². The lowest BCUT2D eigenvalue weighted by Crippen LogP contribution is -1.88. The van der Waals surface area contributed by atoms with Gasteiger partial charge in [-0.2, -0.15) is 0 Å². The number of aryl methyl sites for hydroxylation is 2. The molecule has 2 heteroatoms. The van der Waals surface area contributed by atoms with E-state index in [-0.39, 0.29) is 5.82 Å². The minimum absolute atomic E-state index is 0.171. The van der Waals surface area contributed by atoms with E-state index in [1.54, 1.807) is 25.3 Å². The lowest BCUT2D eigenvalue weighted by molar-refractivity contribution is 0.619. The monoisotopic (exact) mass is 201 g/mol. The van der Waals surface area contributed by atoms with Gasteiger partial charge < -0.3 is 0 Å². The molecule has 0 aliphatic rings. The predicted molar refractivity (Wildman–Crippen MR) is 59.1 cm³/mol. The Morgan fingerprint density at radius 1 is 1.13 bits per heavy atom. The van der Waals surface area contributed by atoms with Crippen molar-refractivity contribution in [3.05, 3.63) is 53.6 Å². The Morgan fingerprint density at radius 3 is 2.60 bits per heavy atom. The summed E-state index contributed by atoms with van der Waals surface area (Å²) < 4.78 is 13.4. The number of nitrogens with zero attached hydrogens (tertiary/aromatic N) is 1. The van der Waals surface area contributed by atoms with Gasteiger partial charge in [-0.05, 0) is 37.1 Å². The summed E-state index contributed by atoms with van der Waals surface area (Å²) in [5, 5.41) is 0. The highest BCUT2D eigenvalue weighted by Gasteiger charge is 2.04. The summed E-state index contributed by atoms with van der Waals surface area (Å²) in [4.78, 5) is 4.19. The van der Waals surface area contributed by atoms with Crippen molar-refractivity contribution in [2.24, 2.45) is 0 Å². The molecule has 0 atom stereocenters. The van der Waals surface area contributed by atoms with Gasteiger partial charge in [-0.25, -0.2) is 4.39 Å². The fourth-order valence-electron chi connectivity index (χ4n) is 1.55. The first kappa shape index (κ1) is 9.84. The molecule has 0 fully saturated rings. The van der Waals surface area contributed by atoms with Crippen LogP contribution in [-0.4, -0.2) is 4.98 Å². The van der Waals surface area contributed by atoms with Crippen LogP contribution in [0, 0.1) is 19.7 Å². The Morgan fingerprint density at radius 2 is 1.93 bits per heavy atom. The van der Waals surface area contributed by atoms with Crippen molar-refractivity contribution < 1.29 is 4.39 Å². The minimum Gasteiger partial charge on any atom is -0.261 e. The molecule has 15 heavy (non-hydrogen) atoms. The van der Waals surface area contributed by atoms with Crippen LogP contribution in [0.25, 0.3) is 11.1 Å². The molecule has 2 aromatic rings. The van der Waals surface area contributed by atoms with Crippen molar-refractivity contribution in [1.82, 2.24) is 4.98 Å². The maximum Gasteiger partial charge on any atom is 0.126 e. The molecule has 0 aliphatic heterocycles. The summed E-state index contributed by atoms with van der Waals surface area (Å²) in [6.45, 7) is 3.68. The highest BCUT2D eigenvalue weighted by molar-refractivity contribution is 5.65. The summed E-state index contributed by atoms with van der Waals surface area (Å²) >= 11 is 0. The molecule has 0 aliphatic carbocycles. The average molecular weight is 201 g/mol. The Labute approximate surface area is 88.6 Å². The normalized spacial score (nSPS) is 10.3. The molecule has 0 saturated heterocycles. The summed E-state index contributed by atoms with van der Waals surface area (Å²) in [5.41, 5.74) is 3.45. The second-order valence-corrected chi connectivity index (χ2v) is 3.60. The van der Waals surface area contributed by atoms with E-state index < -0.39 is 0 Å². The van der Waals surface area contributed by atoms with Crippen molar-refractivity contribution in [3.8, 4) is 11.1 Å². The first-order chi connectivity index (χ1) is 7.18. The SMILES string of the molecule is Cc1ccc(-c2cccnc2C)cc1F. The van der Waals surface area contributed by atoms with Gasteiger partial charge in [0.1, 0.15) is 5.82 Å². The first-order valence-electron chi connectivity index (χ1n) is 4.86. The largest absolute Gasteiger partial charge is 0.261 e. The molecule has 0 saturated carbocycles. The lowest BCUT2D eigenvalue weighted by Gasteiger charge is -2.05. The molecular weight excluding hydrogens is 189 g/mol. The summed E-state index contributed by atoms with van der Waals surface area (Å²) in [6, 6.07) is 9.07. The Bertz CT molecular complexity index is 492. The van der Waals surface area contributed by atoms with Crippen LogP contribution in [0.5, 0.6) is 0 Å². The van der Waals surface area contributed by atoms with Gasteiger partial charge in [0.25, 0.3) is 0 Å². The van der Waals surface area contributed by atoms with E-state index >= 15 is 0 Å². The Balaban J connectivity index is 2.55. The van der Waals surface area contributed by atoms with Crippen LogP contribution in [0.4, 0.5) is 4.39 Å². The van der Waals surface area contributed by atoms with Crippen molar-refractivity contribution in [1.29, 1.82) is 0 Å². The fourth-order valence-corrected chi connectivity index (χ4v) is 1.55. The van der Waals surface area contributed by atoms with Gasteiger partial charge in [-0.3, -0.25) is 4.98 Å². The van der Waals surface area contributed by atoms with Gasteiger partial charge in [-0.1, -0.05) is 18.2 Å². The fraction of sp³-hybridized carbons (Fsp3) is 0.154. The molecule has 1 aromatic heterocycles. The standard InChI is InChI=1S/C13H12FN/c1-9-5-6-11(8-13(9)14)12-4-3-7-15-10(12)2/h3-8H,1-2H3. The Kier molecular flexibility index (Phi) is 2.50. The zero-order valence-corrected chi connectivity index (χ0v) is 8.79. The molecule has 1 heterocycles. The van der Waals surface area contributed by atoms with E-state index in [1.165, 1.54) is 0 Å². The second-order valence-electron chi connectivity index (χ2n) is 3.60. The van der Waals surface area contributed by atoms with Crippen molar-refractivity contribution >= 4 is 0 Å². The molecule has 1 aromatic carbocycles. The molecule has 0 amide bonds. The number of pyridine rings is 1. The van der Waals surface area contributed by atoms with E-state index in [4.69, 9.17) is 0 Å². The average Bonchev–Trinajstić information content (AvgIpc) is 2.23. The van der Waals surface area contributed by atoms with Crippen molar-refractivity contribution in [2.75, 3.05) is 0 Å². The van der Waals surface area contributed by atoms with E-state index in [9.17, 15) is 4.39 Å². The number of hydrogen-bond acceptors (Lipinski definition) is 1. The molecule has 1 nitrogen and oxygen atoms in total. The van der Waals surface area contributed by atoms with E-state index in [0.29, 0.717) is 5.56 Å².